The third-order valence-electron chi connectivity index (χ3n) is 3.22. The summed E-state index contributed by atoms with van der Waals surface area (Å²) in [6.45, 7) is 0. The smallest absolute Gasteiger partial charge is 0.116 e. The van der Waals surface area contributed by atoms with Gasteiger partial charge in [0, 0.05) is 32.2 Å². The molecule has 2 aromatic heterocycles. The van der Waals surface area contributed by atoms with Gasteiger partial charge in [-0.25, -0.2) is 0 Å². The molecule has 82 valence electrons. The van der Waals surface area contributed by atoms with Crippen LogP contribution in [0.4, 0.5) is 0 Å². The highest BCUT2D eigenvalue weighted by Crippen LogP contribution is 2.33. The molecule has 4 aromatic rings. The molecule has 0 spiro atoms. The van der Waals surface area contributed by atoms with Crippen molar-refractivity contribution in [2.75, 3.05) is 0 Å². The molecule has 0 fully saturated rings. The van der Waals surface area contributed by atoms with E-state index < -0.39 is 0 Å². The number of nitrogens with one attached hydrogen (secondary N) is 2. The normalized spacial score (nSPS) is 11.8. The van der Waals surface area contributed by atoms with Crippen LogP contribution in [0.3, 0.4) is 0 Å². The molecule has 0 atom stereocenters. The van der Waals surface area contributed by atoms with Crippen molar-refractivity contribution in [3.63, 3.8) is 0 Å². The largest absolute Gasteiger partial charge is 0.341 e. The van der Waals surface area contributed by atoms with Crippen LogP contribution >= 0.6 is 11.6 Å². The van der Waals surface area contributed by atoms with Crippen molar-refractivity contribution in [2.45, 2.75) is 0 Å². The molecule has 0 aliphatic heterocycles. The number of fused-ring (bicyclic) bond motifs is 5. The van der Waals surface area contributed by atoms with E-state index in [1.165, 1.54) is 16.2 Å². The van der Waals surface area contributed by atoms with Gasteiger partial charge in [-0.2, -0.15) is 0 Å². The minimum atomic E-state index is 0.755. The Bertz CT molecular complexity index is 854. The first-order chi connectivity index (χ1) is 8.33. The first-order valence-electron chi connectivity index (χ1n) is 5.50. The van der Waals surface area contributed by atoms with Gasteiger partial charge >= 0.3 is 0 Å². The molecule has 0 aliphatic carbocycles. The number of hydrogen-bond donors (Lipinski definition) is 2. The number of halogens is 1. The number of hydrogen-bond acceptors (Lipinski definition) is 0. The third kappa shape index (κ3) is 1.16. The van der Waals surface area contributed by atoms with Crippen LogP contribution in [0.5, 0.6) is 0 Å². The lowest BCUT2D eigenvalue weighted by molar-refractivity contribution is 1.43. The van der Waals surface area contributed by atoms with Gasteiger partial charge in [0.05, 0.1) is 0 Å². The summed E-state index contributed by atoms with van der Waals surface area (Å²) in [7, 11) is 0. The van der Waals surface area contributed by atoms with Crippen LogP contribution in [-0.4, -0.2) is 9.97 Å². The van der Waals surface area contributed by atoms with Crippen LogP contribution in [0.2, 0.25) is 5.02 Å². The molecule has 3 heteroatoms. The molecule has 0 radical (unpaired) electrons. The summed E-state index contributed by atoms with van der Waals surface area (Å²) in [6, 6.07) is 14.3. The maximum absolute atomic E-state index is 6.00. The molecule has 2 heterocycles. The van der Waals surface area contributed by atoms with Gasteiger partial charge in [0.2, 0.25) is 0 Å². The summed E-state index contributed by atoms with van der Waals surface area (Å²) in [5.74, 6) is 0. The van der Waals surface area contributed by atoms with Crippen LogP contribution in [0.1, 0.15) is 0 Å². The predicted molar refractivity (Wildman–Crippen MR) is 72.7 cm³/mol. The lowest BCUT2D eigenvalue weighted by atomic mass is 10.1. The monoisotopic (exact) mass is 240 g/mol. The standard InChI is InChI=1S/C14H9ClN2/c15-8-5-6-10-12(7-8)17-14-13(10)9-3-1-2-4-11(9)16-14/h1-7,16-17H. The molecule has 2 nitrogen and oxygen atoms in total. The number of H-pyrrole nitrogens is 2. The minimum absolute atomic E-state index is 0.755. The van der Waals surface area contributed by atoms with Crippen LogP contribution in [0, 0.1) is 0 Å². The van der Waals surface area contributed by atoms with Crippen LogP contribution in [0.25, 0.3) is 32.8 Å². The van der Waals surface area contributed by atoms with Gasteiger partial charge in [-0.05, 0) is 18.2 Å². The molecule has 0 saturated heterocycles. The number of para-hydroxylation sites is 1. The Morgan fingerprint density at radius 2 is 1.59 bits per heavy atom. The second-order valence-electron chi connectivity index (χ2n) is 4.24. The summed E-state index contributed by atoms with van der Waals surface area (Å²) < 4.78 is 0. The Labute approximate surface area is 102 Å². The van der Waals surface area contributed by atoms with Crippen molar-refractivity contribution in [2.24, 2.45) is 0 Å². The summed E-state index contributed by atoms with van der Waals surface area (Å²) >= 11 is 6.00. The topological polar surface area (TPSA) is 31.6 Å². The van der Waals surface area contributed by atoms with Crippen molar-refractivity contribution < 1.29 is 0 Å². The van der Waals surface area contributed by atoms with Crippen molar-refractivity contribution in [1.29, 1.82) is 0 Å². The van der Waals surface area contributed by atoms with E-state index in [0.717, 1.165) is 21.7 Å². The first-order valence-corrected chi connectivity index (χ1v) is 5.88. The number of rotatable bonds is 0. The fourth-order valence-electron chi connectivity index (χ4n) is 2.49. The van der Waals surface area contributed by atoms with Crippen LogP contribution < -0.4 is 0 Å². The highest BCUT2D eigenvalue weighted by atomic mass is 35.5. The van der Waals surface area contributed by atoms with Crippen LogP contribution in [-0.2, 0) is 0 Å². The van der Waals surface area contributed by atoms with Crippen molar-refractivity contribution in [3.8, 4) is 0 Å². The lowest BCUT2D eigenvalue weighted by Gasteiger charge is -1.93. The van der Waals surface area contributed by atoms with E-state index in [4.69, 9.17) is 11.6 Å². The Kier molecular flexibility index (Phi) is 1.64. The van der Waals surface area contributed by atoms with Gasteiger partial charge in [0.1, 0.15) is 5.65 Å². The Hall–Kier alpha value is -1.93. The number of benzene rings is 2. The Morgan fingerprint density at radius 3 is 2.53 bits per heavy atom. The van der Waals surface area contributed by atoms with E-state index in [-0.39, 0.29) is 0 Å². The van der Waals surface area contributed by atoms with Gasteiger partial charge in [-0.1, -0.05) is 35.9 Å². The zero-order valence-corrected chi connectivity index (χ0v) is 9.68. The summed E-state index contributed by atoms with van der Waals surface area (Å²) in [5, 5.41) is 4.45. The van der Waals surface area contributed by atoms with Crippen molar-refractivity contribution >= 4 is 44.4 Å². The highest BCUT2D eigenvalue weighted by molar-refractivity contribution is 6.32. The molecular weight excluding hydrogens is 232 g/mol. The highest BCUT2D eigenvalue weighted by Gasteiger charge is 2.10. The second-order valence-corrected chi connectivity index (χ2v) is 4.67. The lowest BCUT2D eigenvalue weighted by Crippen LogP contribution is -1.71. The van der Waals surface area contributed by atoms with Crippen molar-refractivity contribution in [1.82, 2.24) is 9.97 Å². The summed E-state index contributed by atoms with van der Waals surface area (Å²) in [5.41, 5.74) is 3.29. The Morgan fingerprint density at radius 1 is 0.824 bits per heavy atom. The minimum Gasteiger partial charge on any atom is -0.341 e. The molecule has 2 aromatic carbocycles. The summed E-state index contributed by atoms with van der Waals surface area (Å²) in [4.78, 5) is 6.76. The average Bonchev–Trinajstić information content (AvgIpc) is 2.83. The van der Waals surface area contributed by atoms with Gasteiger partial charge in [-0.15, -0.1) is 0 Å². The van der Waals surface area contributed by atoms with Gasteiger partial charge in [0.25, 0.3) is 0 Å². The molecule has 0 unspecified atom stereocenters. The summed E-state index contributed by atoms with van der Waals surface area (Å²) in [6.07, 6.45) is 0. The van der Waals surface area contributed by atoms with E-state index in [1.807, 2.05) is 18.2 Å². The van der Waals surface area contributed by atoms with Gasteiger partial charge < -0.3 is 9.97 Å². The third-order valence-corrected chi connectivity index (χ3v) is 3.45. The maximum Gasteiger partial charge on any atom is 0.116 e. The first kappa shape index (κ1) is 9.14. The van der Waals surface area contributed by atoms with Gasteiger partial charge in [0.15, 0.2) is 0 Å². The fraction of sp³-hybridized carbons (Fsp3) is 0. The predicted octanol–water partition coefficient (Wildman–Crippen LogP) is 4.46. The van der Waals surface area contributed by atoms with Crippen molar-refractivity contribution in [3.05, 3.63) is 47.5 Å². The van der Waals surface area contributed by atoms with E-state index in [2.05, 4.69) is 34.2 Å². The molecule has 17 heavy (non-hydrogen) atoms. The quantitative estimate of drug-likeness (QED) is 0.455. The second kappa shape index (κ2) is 3.05. The van der Waals surface area contributed by atoms with E-state index in [9.17, 15) is 0 Å². The zero-order chi connectivity index (χ0) is 11.4. The van der Waals surface area contributed by atoms with Gasteiger partial charge in [-0.3, -0.25) is 0 Å². The fourth-order valence-corrected chi connectivity index (χ4v) is 2.66. The zero-order valence-electron chi connectivity index (χ0n) is 8.92. The number of aromatic nitrogens is 2. The molecule has 0 amide bonds. The van der Waals surface area contributed by atoms with E-state index in [0.29, 0.717) is 0 Å². The molecule has 0 bridgehead atoms. The van der Waals surface area contributed by atoms with Crippen LogP contribution in [0.15, 0.2) is 42.5 Å². The molecule has 0 aliphatic rings. The molecular formula is C14H9ClN2. The average molecular weight is 241 g/mol. The Balaban J connectivity index is 2.31. The van der Waals surface area contributed by atoms with E-state index in [1.54, 1.807) is 0 Å². The molecule has 4 rings (SSSR count). The SMILES string of the molecule is Clc1ccc2c(c1)[nH]c1[nH]c3ccccc3c12. The number of aromatic amines is 2. The molecule has 2 N–H and O–H groups in total. The maximum atomic E-state index is 6.00. The molecule has 0 saturated carbocycles. The van der Waals surface area contributed by atoms with E-state index >= 15 is 0 Å².